The maximum Gasteiger partial charge on any atom is 0.261 e. The van der Waals surface area contributed by atoms with Crippen LogP contribution in [0.4, 0.5) is 11.4 Å². The van der Waals surface area contributed by atoms with E-state index in [1.165, 1.54) is 0 Å². The summed E-state index contributed by atoms with van der Waals surface area (Å²) in [5.41, 5.74) is 2.20. The Morgan fingerprint density at radius 2 is 1.67 bits per heavy atom. The monoisotopic (exact) mass is 324 g/mol. The SMILES string of the molecule is Cc1ccc(S(=O)(=O)Nc2cc(Cl)ccc2N(C)C)cc1. The molecule has 0 spiro atoms. The molecule has 0 radical (unpaired) electrons. The van der Waals surface area contributed by atoms with Crippen LogP contribution in [0, 0.1) is 6.92 Å². The molecule has 0 bridgehead atoms. The summed E-state index contributed by atoms with van der Waals surface area (Å²) in [6.45, 7) is 1.91. The minimum atomic E-state index is -3.64. The molecule has 112 valence electrons. The summed E-state index contributed by atoms with van der Waals surface area (Å²) < 4.78 is 27.4. The van der Waals surface area contributed by atoms with Crippen molar-refractivity contribution in [1.29, 1.82) is 0 Å². The predicted octanol–water partition coefficient (Wildman–Crippen LogP) is 3.52. The lowest BCUT2D eigenvalue weighted by Crippen LogP contribution is -2.17. The van der Waals surface area contributed by atoms with Gasteiger partial charge in [0.1, 0.15) is 0 Å². The summed E-state index contributed by atoms with van der Waals surface area (Å²) in [5.74, 6) is 0. The molecule has 0 saturated heterocycles. The molecule has 0 saturated carbocycles. The number of hydrogen-bond acceptors (Lipinski definition) is 3. The van der Waals surface area contributed by atoms with Gasteiger partial charge in [0.2, 0.25) is 0 Å². The van der Waals surface area contributed by atoms with Gasteiger partial charge in [-0.05, 0) is 37.3 Å². The van der Waals surface area contributed by atoms with E-state index >= 15 is 0 Å². The third-order valence-corrected chi connectivity index (χ3v) is 4.63. The van der Waals surface area contributed by atoms with E-state index in [1.54, 1.807) is 42.5 Å². The fourth-order valence-corrected chi connectivity index (χ4v) is 3.14. The molecule has 0 aliphatic rings. The number of anilines is 2. The van der Waals surface area contributed by atoms with Crippen LogP contribution >= 0.6 is 11.6 Å². The minimum Gasteiger partial charge on any atom is -0.376 e. The fourth-order valence-electron chi connectivity index (χ4n) is 1.90. The number of nitrogens with one attached hydrogen (secondary N) is 1. The second-order valence-corrected chi connectivity index (χ2v) is 7.09. The molecule has 0 heterocycles. The van der Waals surface area contributed by atoms with Crippen molar-refractivity contribution in [2.75, 3.05) is 23.7 Å². The van der Waals surface area contributed by atoms with Crippen LogP contribution < -0.4 is 9.62 Å². The molecule has 0 fully saturated rings. The van der Waals surface area contributed by atoms with Crippen molar-refractivity contribution < 1.29 is 8.42 Å². The predicted molar refractivity (Wildman–Crippen MR) is 87.8 cm³/mol. The zero-order valence-corrected chi connectivity index (χ0v) is 13.7. The molecule has 2 rings (SSSR count). The highest BCUT2D eigenvalue weighted by atomic mass is 35.5. The number of nitrogens with zero attached hydrogens (tertiary/aromatic N) is 1. The molecule has 1 N–H and O–H groups in total. The molecule has 0 unspecified atom stereocenters. The zero-order valence-electron chi connectivity index (χ0n) is 12.1. The summed E-state index contributed by atoms with van der Waals surface area (Å²) in [6, 6.07) is 11.8. The lowest BCUT2D eigenvalue weighted by atomic mass is 10.2. The molecule has 0 atom stereocenters. The Morgan fingerprint density at radius 3 is 2.24 bits per heavy atom. The normalized spacial score (nSPS) is 11.2. The number of aryl methyl sites for hydroxylation is 1. The van der Waals surface area contributed by atoms with Crippen molar-refractivity contribution in [2.45, 2.75) is 11.8 Å². The third-order valence-electron chi connectivity index (χ3n) is 3.02. The average Bonchev–Trinajstić information content (AvgIpc) is 2.38. The average molecular weight is 325 g/mol. The van der Waals surface area contributed by atoms with E-state index in [2.05, 4.69) is 4.72 Å². The molecule has 2 aromatic rings. The summed E-state index contributed by atoms with van der Waals surface area (Å²) in [7, 11) is 0.0422. The first-order chi connectivity index (χ1) is 9.79. The first-order valence-corrected chi connectivity index (χ1v) is 8.22. The minimum absolute atomic E-state index is 0.220. The van der Waals surface area contributed by atoms with Crippen LogP contribution in [-0.2, 0) is 10.0 Å². The summed E-state index contributed by atoms with van der Waals surface area (Å²) >= 11 is 5.96. The summed E-state index contributed by atoms with van der Waals surface area (Å²) in [5, 5.41) is 0.474. The van der Waals surface area contributed by atoms with Gasteiger partial charge in [-0.3, -0.25) is 4.72 Å². The Labute approximate surface area is 130 Å². The van der Waals surface area contributed by atoms with Gasteiger partial charge in [-0.15, -0.1) is 0 Å². The second kappa shape index (κ2) is 5.95. The smallest absolute Gasteiger partial charge is 0.261 e. The second-order valence-electron chi connectivity index (χ2n) is 4.97. The van der Waals surface area contributed by atoms with Crippen LogP contribution in [0.3, 0.4) is 0 Å². The molecule has 0 amide bonds. The quantitative estimate of drug-likeness (QED) is 0.936. The molecule has 0 aliphatic heterocycles. The van der Waals surface area contributed by atoms with E-state index in [0.29, 0.717) is 10.7 Å². The van der Waals surface area contributed by atoms with E-state index in [1.807, 2.05) is 25.9 Å². The molecular formula is C15H17ClN2O2S. The molecule has 6 heteroatoms. The van der Waals surface area contributed by atoms with E-state index in [0.717, 1.165) is 11.3 Å². The molecule has 21 heavy (non-hydrogen) atoms. The van der Waals surface area contributed by atoms with Crippen LogP contribution in [0.2, 0.25) is 5.02 Å². The Hall–Kier alpha value is -1.72. The summed E-state index contributed by atoms with van der Waals surface area (Å²) in [6.07, 6.45) is 0. The number of hydrogen-bond donors (Lipinski definition) is 1. The van der Waals surface area contributed by atoms with Crippen LogP contribution in [0.1, 0.15) is 5.56 Å². The lowest BCUT2D eigenvalue weighted by molar-refractivity contribution is 0.601. The van der Waals surface area contributed by atoms with Gasteiger partial charge in [0.15, 0.2) is 0 Å². The van der Waals surface area contributed by atoms with Crippen molar-refractivity contribution in [1.82, 2.24) is 0 Å². The maximum absolute atomic E-state index is 12.4. The Bertz CT molecular complexity index is 741. The molecule has 0 aromatic heterocycles. The number of benzene rings is 2. The van der Waals surface area contributed by atoms with Gasteiger partial charge in [0.05, 0.1) is 16.3 Å². The largest absolute Gasteiger partial charge is 0.376 e. The highest BCUT2D eigenvalue weighted by Gasteiger charge is 2.16. The van der Waals surface area contributed by atoms with Crippen molar-refractivity contribution in [3.8, 4) is 0 Å². The topological polar surface area (TPSA) is 49.4 Å². The van der Waals surface area contributed by atoms with E-state index in [4.69, 9.17) is 11.6 Å². The van der Waals surface area contributed by atoms with E-state index in [-0.39, 0.29) is 4.90 Å². The van der Waals surface area contributed by atoms with Crippen LogP contribution in [0.5, 0.6) is 0 Å². The Balaban J connectivity index is 2.41. The highest BCUT2D eigenvalue weighted by molar-refractivity contribution is 7.92. The van der Waals surface area contributed by atoms with Gasteiger partial charge < -0.3 is 4.90 Å². The van der Waals surface area contributed by atoms with Crippen LogP contribution in [-0.4, -0.2) is 22.5 Å². The molecule has 4 nitrogen and oxygen atoms in total. The van der Waals surface area contributed by atoms with Gasteiger partial charge in [-0.1, -0.05) is 29.3 Å². The van der Waals surface area contributed by atoms with Crippen LogP contribution in [0.25, 0.3) is 0 Å². The lowest BCUT2D eigenvalue weighted by Gasteiger charge is -2.19. The first kappa shape index (κ1) is 15.7. The van der Waals surface area contributed by atoms with Gasteiger partial charge in [0.25, 0.3) is 10.0 Å². The molecule has 0 aliphatic carbocycles. The third kappa shape index (κ3) is 3.68. The van der Waals surface area contributed by atoms with E-state index < -0.39 is 10.0 Å². The highest BCUT2D eigenvalue weighted by Crippen LogP contribution is 2.29. The Kier molecular flexibility index (Phi) is 4.44. The number of rotatable bonds is 4. The van der Waals surface area contributed by atoms with Crippen molar-refractivity contribution in [3.63, 3.8) is 0 Å². The fraction of sp³-hybridized carbons (Fsp3) is 0.200. The maximum atomic E-state index is 12.4. The van der Waals surface area contributed by atoms with Crippen LogP contribution in [0.15, 0.2) is 47.4 Å². The van der Waals surface area contributed by atoms with E-state index in [9.17, 15) is 8.42 Å². The van der Waals surface area contributed by atoms with Gasteiger partial charge in [0, 0.05) is 19.1 Å². The van der Waals surface area contributed by atoms with Crippen molar-refractivity contribution in [2.24, 2.45) is 0 Å². The van der Waals surface area contributed by atoms with Gasteiger partial charge in [-0.2, -0.15) is 0 Å². The molecule has 2 aromatic carbocycles. The van der Waals surface area contributed by atoms with Gasteiger partial charge >= 0.3 is 0 Å². The first-order valence-electron chi connectivity index (χ1n) is 6.36. The number of halogens is 1. The standard InChI is InChI=1S/C15H17ClN2O2S/c1-11-4-7-13(8-5-11)21(19,20)17-14-10-12(16)6-9-15(14)18(2)3/h4-10,17H,1-3H3. The van der Waals surface area contributed by atoms with Crippen molar-refractivity contribution >= 4 is 33.0 Å². The Morgan fingerprint density at radius 1 is 1.05 bits per heavy atom. The molecular weight excluding hydrogens is 308 g/mol. The van der Waals surface area contributed by atoms with Crippen molar-refractivity contribution in [3.05, 3.63) is 53.1 Å². The summed E-state index contributed by atoms with van der Waals surface area (Å²) in [4.78, 5) is 2.04. The van der Waals surface area contributed by atoms with Gasteiger partial charge in [-0.25, -0.2) is 8.42 Å². The number of sulfonamides is 1. The zero-order chi connectivity index (χ0) is 15.6.